The molecular weight excluding hydrogens is 268 g/mol. The molecule has 0 spiro atoms. The Morgan fingerprint density at radius 3 is 2.67 bits per heavy atom. The van der Waals surface area contributed by atoms with Gasteiger partial charge in [0.1, 0.15) is 5.82 Å². The maximum absolute atomic E-state index is 11.9. The van der Waals surface area contributed by atoms with Crippen molar-refractivity contribution in [2.24, 2.45) is 0 Å². The van der Waals surface area contributed by atoms with Crippen molar-refractivity contribution < 1.29 is 4.79 Å². The number of aromatic nitrogens is 3. The molecule has 0 radical (unpaired) electrons. The molecule has 1 saturated heterocycles. The molecule has 2 heterocycles. The van der Waals surface area contributed by atoms with Crippen molar-refractivity contribution in [1.29, 1.82) is 0 Å². The maximum Gasteiger partial charge on any atom is 0.236 e. The molecule has 18 heavy (non-hydrogen) atoms. The highest BCUT2D eigenvalue weighted by molar-refractivity contribution is 7.98. The van der Waals surface area contributed by atoms with Gasteiger partial charge < -0.3 is 0 Å². The third-order valence-electron chi connectivity index (χ3n) is 3.09. The van der Waals surface area contributed by atoms with Gasteiger partial charge in [-0.2, -0.15) is 22.6 Å². The Morgan fingerprint density at radius 2 is 2.11 bits per heavy atom. The van der Waals surface area contributed by atoms with Crippen LogP contribution in [-0.4, -0.2) is 38.9 Å². The average molecular weight is 282 g/mol. The summed E-state index contributed by atoms with van der Waals surface area (Å²) in [6, 6.07) is 0. The second kappa shape index (κ2) is 4.70. The largest absolute Gasteiger partial charge is 0.279 e. The highest BCUT2D eigenvalue weighted by Crippen LogP contribution is 2.39. The maximum atomic E-state index is 11.9. The highest BCUT2D eigenvalue weighted by atomic mass is 32.2. The van der Waals surface area contributed by atoms with Crippen LogP contribution in [0.15, 0.2) is 5.16 Å². The summed E-state index contributed by atoms with van der Waals surface area (Å²) >= 11 is 5.83. The Morgan fingerprint density at radius 1 is 1.33 bits per heavy atom. The Labute approximate surface area is 115 Å². The van der Waals surface area contributed by atoms with Gasteiger partial charge in [0.05, 0.1) is 0 Å². The van der Waals surface area contributed by atoms with Crippen molar-refractivity contribution in [3.05, 3.63) is 5.82 Å². The fraction of sp³-hybridized carbons (Fsp3) is 0.636. The molecule has 2 fully saturated rings. The van der Waals surface area contributed by atoms with Gasteiger partial charge in [-0.25, -0.2) is 4.98 Å². The van der Waals surface area contributed by atoms with Crippen molar-refractivity contribution in [2.45, 2.75) is 35.6 Å². The van der Waals surface area contributed by atoms with E-state index in [0.717, 1.165) is 18.7 Å². The Balaban J connectivity index is 1.95. The van der Waals surface area contributed by atoms with E-state index in [1.165, 1.54) is 11.8 Å². The molecule has 5 nitrogen and oxygen atoms in total. The van der Waals surface area contributed by atoms with Gasteiger partial charge in [-0.3, -0.25) is 9.69 Å². The molecule has 7 heteroatoms. The number of anilines is 1. The number of nitrogens with zero attached hydrogens (tertiary/aromatic N) is 4. The van der Waals surface area contributed by atoms with Crippen LogP contribution in [0.2, 0.25) is 0 Å². The lowest BCUT2D eigenvalue weighted by atomic mass is 10.4. The lowest BCUT2D eigenvalue weighted by Gasteiger charge is -2.14. The van der Waals surface area contributed by atoms with Gasteiger partial charge in [-0.15, -0.1) is 0 Å². The summed E-state index contributed by atoms with van der Waals surface area (Å²) in [6.45, 7) is 0.587. The molecule has 2 aliphatic rings. The number of hydrogen-bond donors (Lipinski definition) is 1. The smallest absolute Gasteiger partial charge is 0.236 e. The van der Waals surface area contributed by atoms with Gasteiger partial charge in [-0.05, 0) is 19.1 Å². The zero-order valence-corrected chi connectivity index (χ0v) is 11.7. The lowest BCUT2D eigenvalue weighted by molar-refractivity contribution is -0.117. The van der Waals surface area contributed by atoms with Gasteiger partial charge >= 0.3 is 0 Å². The van der Waals surface area contributed by atoms with Crippen molar-refractivity contribution in [3.8, 4) is 0 Å². The SMILES string of the molecule is CSc1nc(C2CC2)nc(N2CC(S)CC2=O)n1. The second-order valence-electron chi connectivity index (χ2n) is 4.62. The first-order chi connectivity index (χ1) is 8.67. The summed E-state index contributed by atoms with van der Waals surface area (Å²) in [5, 5.41) is 0.772. The summed E-state index contributed by atoms with van der Waals surface area (Å²) in [7, 11) is 0. The minimum atomic E-state index is 0.0509. The molecule has 1 amide bonds. The molecule has 0 bridgehead atoms. The van der Waals surface area contributed by atoms with Crippen molar-refractivity contribution in [1.82, 2.24) is 15.0 Å². The summed E-state index contributed by atoms with van der Waals surface area (Å²) in [6.07, 6.45) is 4.67. The number of thioether (sulfide) groups is 1. The molecule has 1 aliphatic carbocycles. The van der Waals surface area contributed by atoms with Crippen LogP contribution in [0.1, 0.15) is 31.0 Å². The van der Waals surface area contributed by atoms with Crippen LogP contribution in [0.4, 0.5) is 5.95 Å². The van der Waals surface area contributed by atoms with E-state index in [-0.39, 0.29) is 11.2 Å². The van der Waals surface area contributed by atoms with E-state index >= 15 is 0 Å². The van der Waals surface area contributed by atoms with E-state index in [0.29, 0.717) is 30.0 Å². The Bertz CT molecular complexity index is 492. The van der Waals surface area contributed by atoms with Crippen LogP contribution in [0.3, 0.4) is 0 Å². The molecule has 96 valence electrons. The van der Waals surface area contributed by atoms with Crippen LogP contribution < -0.4 is 4.90 Å². The first-order valence-electron chi connectivity index (χ1n) is 5.95. The number of carbonyl (C=O) groups is 1. The quantitative estimate of drug-likeness (QED) is 0.672. The predicted octanol–water partition coefficient (Wildman–Crippen LogP) is 1.51. The molecule has 1 aromatic heterocycles. The van der Waals surface area contributed by atoms with E-state index in [1.54, 1.807) is 4.90 Å². The van der Waals surface area contributed by atoms with Gasteiger partial charge in [0.15, 0.2) is 5.16 Å². The first-order valence-corrected chi connectivity index (χ1v) is 7.70. The summed E-state index contributed by atoms with van der Waals surface area (Å²) in [5.41, 5.74) is 0. The van der Waals surface area contributed by atoms with Crippen LogP contribution >= 0.6 is 24.4 Å². The minimum Gasteiger partial charge on any atom is -0.279 e. The zero-order chi connectivity index (χ0) is 12.7. The molecule has 1 unspecified atom stereocenters. The average Bonchev–Trinajstić information content (AvgIpc) is 3.14. The highest BCUT2D eigenvalue weighted by Gasteiger charge is 2.33. The number of hydrogen-bond acceptors (Lipinski definition) is 6. The van der Waals surface area contributed by atoms with E-state index in [9.17, 15) is 4.79 Å². The van der Waals surface area contributed by atoms with E-state index < -0.39 is 0 Å². The van der Waals surface area contributed by atoms with Crippen LogP contribution in [0, 0.1) is 0 Å². The molecule has 0 aromatic carbocycles. The fourth-order valence-electron chi connectivity index (χ4n) is 1.98. The summed E-state index contributed by atoms with van der Waals surface area (Å²) < 4.78 is 0. The van der Waals surface area contributed by atoms with E-state index in [2.05, 4.69) is 27.6 Å². The molecule has 1 aliphatic heterocycles. The van der Waals surface area contributed by atoms with Crippen molar-refractivity contribution in [2.75, 3.05) is 17.7 Å². The second-order valence-corrected chi connectivity index (χ2v) is 6.12. The molecule has 0 N–H and O–H groups in total. The first kappa shape index (κ1) is 12.2. The standard InChI is InChI=1S/C11H14N4OS2/c1-18-11-13-9(6-2-3-6)12-10(14-11)15-5-7(17)4-8(15)16/h6-7,17H,2-5H2,1H3. The summed E-state index contributed by atoms with van der Waals surface area (Å²) in [4.78, 5) is 26.7. The third kappa shape index (κ3) is 2.33. The van der Waals surface area contributed by atoms with E-state index in [1.807, 2.05) is 6.26 Å². The van der Waals surface area contributed by atoms with Gasteiger partial charge in [-0.1, -0.05) is 11.8 Å². The number of rotatable bonds is 3. The van der Waals surface area contributed by atoms with E-state index in [4.69, 9.17) is 0 Å². The van der Waals surface area contributed by atoms with Crippen LogP contribution in [0.25, 0.3) is 0 Å². The molecule has 1 atom stereocenters. The Kier molecular flexibility index (Phi) is 3.19. The van der Waals surface area contributed by atoms with Gasteiger partial charge in [0, 0.05) is 24.1 Å². The Hall–Kier alpha value is -0.820. The molecular formula is C11H14N4OS2. The normalized spacial score (nSPS) is 23.8. The lowest BCUT2D eigenvalue weighted by Crippen LogP contribution is -2.27. The molecule has 3 rings (SSSR count). The molecule has 1 aromatic rings. The predicted molar refractivity (Wildman–Crippen MR) is 73.3 cm³/mol. The molecule has 1 saturated carbocycles. The summed E-state index contributed by atoms with van der Waals surface area (Å²) in [5.74, 6) is 1.84. The van der Waals surface area contributed by atoms with Crippen molar-refractivity contribution >= 4 is 36.2 Å². The van der Waals surface area contributed by atoms with Crippen molar-refractivity contribution in [3.63, 3.8) is 0 Å². The zero-order valence-electron chi connectivity index (χ0n) is 10.0. The van der Waals surface area contributed by atoms with Crippen LogP contribution in [0.5, 0.6) is 0 Å². The number of thiol groups is 1. The fourth-order valence-corrected chi connectivity index (χ4v) is 2.66. The topological polar surface area (TPSA) is 59.0 Å². The minimum absolute atomic E-state index is 0.0509. The number of carbonyl (C=O) groups excluding carboxylic acids is 1. The van der Waals surface area contributed by atoms with Crippen LogP contribution in [-0.2, 0) is 4.79 Å². The monoisotopic (exact) mass is 282 g/mol. The van der Waals surface area contributed by atoms with Gasteiger partial charge in [0.2, 0.25) is 11.9 Å². The third-order valence-corrected chi connectivity index (χ3v) is 3.99. The van der Waals surface area contributed by atoms with Gasteiger partial charge in [0.25, 0.3) is 0 Å². The number of amides is 1.